The summed E-state index contributed by atoms with van der Waals surface area (Å²) in [6.45, 7) is 3.34. The number of hydrogen-bond acceptors (Lipinski definition) is 4. The predicted octanol–water partition coefficient (Wildman–Crippen LogP) is 0.815. The van der Waals surface area contributed by atoms with Crippen LogP contribution in [0.2, 0.25) is 0 Å². The number of hydrogen-bond donors (Lipinski definition) is 1. The highest BCUT2D eigenvalue weighted by Gasteiger charge is 2.58. The zero-order valence-electron chi connectivity index (χ0n) is 12.2. The molecule has 0 saturated heterocycles. The molecule has 0 radical (unpaired) electrons. The molecule has 6 heteroatoms. The first-order valence-electron chi connectivity index (χ1n) is 7.17. The summed E-state index contributed by atoms with van der Waals surface area (Å²) in [6.07, 6.45) is 5.12. The van der Waals surface area contributed by atoms with Crippen molar-refractivity contribution in [2.75, 3.05) is 33.0 Å². The van der Waals surface area contributed by atoms with E-state index in [4.69, 9.17) is 4.74 Å². The van der Waals surface area contributed by atoms with E-state index in [0.29, 0.717) is 24.1 Å². The molecule has 0 aromatic heterocycles. The maximum Gasteiger partial charge on any atom is 0.214 e. The van der Waals surface area contributed by atoms with E-state index in [1.165, 1.54) is 23.6 Å². The molecule has 2 atom stereocenters. The summed E-state index contributed by atoms with van der Waals surface area (Å²) in [6, 6.07) is 0.440. The monoisotopic (exact) mass is 290 g/mol. The molecule has 1 N–H and O–H groups in total. The van der Waals surface area contributed by atoms with Crippen molar-refractivity contribution in [3.05, 3.63) is 0 Å². The summed E-state index contributed by atoms with van der Waals surface area (Å²) in [4.78, 5) is 0. The standard InChI is InChI=1S/C13H26N2O3S/c1-4-18-12-10-11(13(12)6-5-7-13)14-8-9-19(16,17)15(2)3/h11-12,14H,4-10H2,1-3H3. The molecule has 0 heterocycles. The van der Waals surface area contributed by atoms with Crippen LogP contribution in [0.15, 0.2) is 0 Å². The third-order valence-corrected chi connectivity index (χ3v) is 6.58. The number of nitrogens with one attached hydrogen (secondary N) is 1. The Labute approximate surface area is 116 Å². The molecule has 5 nitrogen and oxygen atoms in total. The van der Waals surface area contributed by atoms with E-state index < -0.39 is 10.0 Å². The third-order valence-electron chi connectivity index (χ3n) is 4.74. The summed E-state index contributed by atoms with van der Waals surface area (Å²) in [5, 5.41) is 3.43. The second-order valence-corrected chi connectivity index (χ2v) is 8.17. The first-order valence-corrected chi connectivity index (χ1v) is 8.78. The molecule has 2 rings (SSSR count). The molecule has 112 valence electrons. The van der Waals surface area contributed by atoms with Gasteiger partial charge in [-0.05, 0) is 26.2 Å². The van der Waals surface area contributed by atoms with Crippen LogP contribution in [-0.2, 0) is 14.8 Å². The Balaban J connectivity index is 1.79. The van der Waals surface area contributed by atoms with Crippen molar-refractivity contribution in [2.45, 2.75) is 44.8 Å². The summed E-state index contributed by atoms with van der Waals surface area (Å²) in [5.41, 5.74) is 0.303. The lowest BCUT2D eigenvalue weighted by atomic mass is 9.51. The second-order valence-electron chi connectivity index (χ2n) is 5.87. The van der Waals surface area contributed by atoms with Crippen LogP contribution in [-0.4, -0.2) is 57.9 Å². The van der Waals surface area contributed by atoms with Crippen LogP contribution in [0.4, 0.5) is 0 Å². The summed E-state index contributed by atoms with van der Waals surface area (Å²) in [7, 11) is 0.0730. The molecule has 2 unspecified atom stereocenters. The lowest BCUT2D eigenvalue weighted by molar-refractivity contribution is -0.172. The van der Waals surface area contributed by atoms with Crippen molar-refractivity contribution in [3.8, 4) is 0 Å². The van der Waals surface area contributed by atoms with Crippen molar-refractivity contribution in [2.24, 2.45) is 5.41 Å². The Bertz CT molecular complexity index is 404. The van der Waals surface area contributed by atoms with E-state index in [9.17, 15) is 8.42 Å². The van der Waals surface area contributed by atoms with E-state index in [0.717, 1.165) is 13.0 Å². The number of nitrogens with zero attached hydrogens (tertiary/aromatic N) is 1. The summed E-state index contributed by atoms with van der Waals surface area (Å²) < 4.78 is 30.5. The number of ether oxygens (including phenoxy) is 1. The van der Waals surface area contributed by atoms with E-state index in [-0.39, 0.29) is 5.75 Å². The van der Waals surface area contributed by atoms with Gasteiger partial charge in [-0.15, -0.1) is 0 Å². The average molecular weight is 290 g/mol. The zero-order valence-corrected chi connectivity index (χ0v) is 13.0. The minimum atomic E-state index is -3.09. The maximum atomic E-state index is 11.7. The lowest BCUT2D eigenvalue weighted by Crippen LogP contribution is -2.67. The van der Waals surface area contributed by atoms with E-state index in [2.05, 4.69) is 5.32 Å². The first-order chi connectivity index (χ1) is 8.92. The first kappa shape index (κ1) is 15.2. The average Bonchev–Trinajstić information content (AvgIpc) is 2.24. The Hall–Kier alpha value is -0.170. The lowest BCUT2D eigenvalue weighted by Gasteiger charge is -2.61. The molecule has 0 bridgehead atoms. The van der Waals surface area contributed by atoms with Gasteiger partial charge >= 0.3 is 0 Å². The number of rotatable bonds is 7. The van der Waals surface area contributed by atoms with Crippen molar-refractivity contribution < 1.29 is 13.2 Å². The second kappa shape index (κ2) is 5.68. The van der Waals surface area contributed by atoms with Crippen molar-refractivity contribution in [1.82, 2.24) is 9.62 Å². The Morgan fingerprint density at radius 3 is 2.53 bits per heavy atom. The van der Waals surface area contributed by atoms with Gasteiger partial charge in [-0.1, -0.05) is 6.42 Å². The fourth-order valence-electron chi connectivity index (χ4n) is 3.27. The molecular formula is C13H26N2O3S. The summed E-state index contributed by atoms with van der Waals surface area (Å²) in [5.74, 6) is 0.173. The highest BCUT2D eigenvalue weighted by molar-refractivity contribution is 7.89. The van der Waals surface area contributed by atoms with Gasteiger partial charge < -0.3 is 10.1 Å². The normalized spacial score (nSPS) is 29.3. The fraction of sp³-hybridized carbons (Fsp3) is 1.00. The zero-order chi connectivity index (χ0) is 14.1. The van der Waals surface area contributed by atoms with Crippen molar-refractivity contribution >= 4 is 10.0 Å². The van der Waals surface area contributed by atoms with Crippen LogP contribution < -0.4 is 5.32 Å². The molecule has 0 aliphatic heterocycles. The van der Waals surface area contributed by atoms with Gasteiger partial charge in [0.2, 0.25) is 10.0 Å². The predicted molar refractivity (Wildman–Crippen MR) is 75.6 cm³/mol. The van der Waals surface area contributed by atoms with Gasteiger partial charge in [0.1, 0.15) is 0 Å². The van der Waals surface area contributed by atoms with Crippen molar-refractivity contribution in [1.29, 1.82) is 0 Å². The maximum absolute atomic E-state index is 11.7. The third kappa shape index (κ3) is 2.82. The minimum Gasteiger partial charge on any atom is -0.378 e. The van der Waals surface area contributed by atoms with Crippen molar-refractivity contribution in [3.63, 3.8) is 0 Å². The Kier molecular flexibility index (Phi) is 4.55. The molecule has 19 heavy (non-hydrogen) atoms. The van der Waals surface area contributed by atoms with Crippen LogP contribution in [0.5, 0.6) is 0 Å². The van der Waals surface area contributed by atoms with Crippen LogP contribution in [0.3, 0.4) is 0 Å². The van der Waals surface area contributed by atoms with Gasteiger partial charge in [-0.2, -0.15) is 0 Å². The quantitative estimate of drug-likeness (QED) is 0.754. The SMILES string of the molecule is CCOC1CC(NCCS(=O)(=O)N(C)C)C12CCC2. The topological polar surface area (TPSA) is 58.6 Å². The molecular weight excluding hydrogens is 264 g/mol. The molecule has 0 aromatic carbocycles. The highest BCUT2D eigenvalue weighted by atomic mass is 32.2. The Morgan fingerprint density at radius 1 is 1.37 bits per heavy atom. The van der Waals surface area contributed by atoms with Gasteiger partial charge in [0.25, 0.3) is 0 Å². The van der Waals surface area contributed by atoms with Gasteiger partial charge in [-0.3, -0.25) is 0 Å². The summed E-state index contributed by atoms with van der Waals surface area (Å²) >= 11 is 0. The van der Waals surface area contributed by atoms with E-state index >= 15 is 0 Å². The molecule has 2 aliphatic carbocycles. The minimum absolute atomic E-state index is 0.173. The van der Waals surface area contributed by atoms with Gasteiger partial charge in [0, 0.05) is 38.7 Å². The van der Waals surface area contributed by atoms with E-state index in [1.807, 2.05) is 6.92 Å². The van der Waals surface area contributed by atoms with Crippen LogP contribution in [0, 0.1) is 5.41 Å². The van der Waals surface area contributed by atoms with Gasteiger partial charge in [0.05, 0.1) is 11.9 Å². The Morgan fingerprint density at radius 2 is 2.05 bits per heavy atom. The fourth-order valence-corrected chi connectivity index (χ4v) is 4.01. The van der Waals surface area contributed by atoms with Gasteiger partial charge in [0.15, 0.2) is 0 Å². The largest absolute Gasteiger partial charge is 0.378 e. The molecule has 0 amide bonds. The van der Waals surface area contributed by atoms with E-state index in [1.54, 1.807) is 14.1 Å². The molecule has 0 aromatic rings. The number of sulfonamides is 1. The van der Waals surface area contributed by atoms with Crippen LogP contribution >= 0.6 is 0 Å². The molecule has 2 fully saturated rings. The molecule has 1 spiro atoms. The smallest absolute Gasteiger partial charge is 0.214 e. The van der Waals surface area contributed by atoms with Crippen LogP contribution in [0.25, 0.3) is 0 Å². The molecule has 2 aliphatic rings. The molecule has 2 saturated carbocycles. The highest BCUT2D eigenvalue weighted by Crippen LogP contribution is 2.57. The van der Waals surface area contributed by atoms with Crippen LogP contribution in [0.1, 0.15) is 32.6 Å². The van der Waals surface area contributed by atoms with Gasteiger partial charge in [-0.25, -0.2) is 12.7 Å².